The van der Waals surface area contributed by atoms with Crippen molar-refractivity contribution in [2.45, 2.75) is 12.6 Å². The predicted octanol–water partition coefficient (Wildman–Crippen LogP) is 0.911. The molecule has 0 aromatic carbocycles. The number of morpholine rings is 1. The number of furan rings is 1. The third-order valence-corrected chi connectivity index (χ3v) is 3.05. The zero-order valence-corrected chi connectivity index (χ0v) is 11.7. The van der Waals surface area contributed by atoms with Crippen LogP contribution in [0.5, 0.6) is 0 Å². The second kappa shape index (κ2) is 6.85. The molecule has 1 aliphatic rings. The van der Waals surface area contributed by atoms with Crippen LogP contribution in [0.15, 0.2) is 27.3 Å². The number of hydrogen-bond acceptors (Lipinski definition) is 7. The van der Waals surface area contributed by atoms with Crippen molar-refractivity contribution < 1.29 is 13.7 Å². The standard InChI is InChI=1S/C12H16N4O3.ClH/c13-6-9-7-16(3-5-17-9)8-11-14-12(15-19-11)10-2-1-4-18-10;/h1-2,4,9H,3,5-8,13H2;1H. The average molecular weight is 301 g/mol. The number of nitrogens with zero attached hydrogens (tertiary/aromatic N) is 3. The average Bonchev–Trinajstić information content (AvgIpc) is 3.09. The minimum Gasteiger partial charge on any atom is -0.461 e. The van der Waals surface area contributed by atoms with Gasteiger partial charge >= 0.3 is 0 Å². The van der Waals surface area contributed by atoms with Gasteiger partial charge in [-0.05, 0) is 12.1 Å². The molecule has 2 aromatic heterocycles. The van der Waals surface area contributed by atoms with Crippen LogP contribution in [0.1, 0.15) is 5.89 Å². The predicted molar refractivity (Wildman–Crippen MR) is 73.3 cm³/mol. The molecule has 110 valence electrons. The monoisotopic (exact) mass is 300 g/mol. The summed E-state index contributed by atoms with van der Waals surface area (Å²) in [5.41, 5.74) is 5.61. The molecule has 3 heterocycles. The summed E-state index contributed by atoms with van der Waals surface area (Å²) in [5.74, 6) is 1.66. The maximum absolute atomic E-state index is 5.61. The summed E-state index contributed by atoms with van der Waals surface area (Å²) >= 11 is 0. The van der Waals surface area contributed by atoms with Gasteiger partial charge in [0.05, 0.1) is 25.5 Å². The number of ether oxygens (including phenoxy) is 1. The second-order valence-electron chi connectivity index (χ2n) is 4.45. The summed E-state index contributed by atoms with van der Waals surface area (Å²) in [6, 6.07) is 3.59. The highest BCUT2D eigenvalue weighted by molar-refractivity contribution is 5.85. The fourth-order valence-corrected chi connectivity index (χ4v) is 2.08. The largest absolute Gasteiger partial charge is 0.461 e. The third-order valence-electron chi connectivity index (χ3n) is 3.05. The fraction of sp³-hybridized carbons (Fsp3) is 0.500. The van der Waals surface area contributed by atoms with Crippen molar-refractivity contribution in [2.24, 2.45) is 5.73 Å². The Morgan fingerprint density at radius 1 is 1.45 bits per heavy atom. The molecular weight excluding hydrogens is 284 g/mol. The van der Waals surface area contributed by atoms with Gasteiger partial charge in [-0.3, -0.25) is 4.90 Å². The van der Waals surface area contributed by atoms with Crippen LogP contribution in [0, 0.1) is 0 Å². The minimum atomic E-state index is 0. The molecule has 8 heteroatoms. The van der Waals surface area contributed by atoms with Crippen molar-refractivity contribution in [1.82, 2.24) is 15.0 Å². The molecule has 3 rings (SSSR count). The summed E-state index contributed by atoms with van der Waals surface area (Å²) in [6.45, 7) is 3.44. The second-order valence-corrected chi connectivity index (χ2v) is 4.45. The Morgan fingerprint density at radius 3 is 3.10 bits per heavy atom. The van der Waals surface area contributed by atoms with E-state index >= 15 is 0 Å². The van der Waals surface area contributed by atoms with Gasteiger partial charge in [0, 0.05) is 19.6 Å². The van der Waals surface area contributed by atoms with E-state index in [1.165, 1.54) is 0 Å². The fourth-order valence-electron chi connectivity index (χ4n) is 2.08. The first-order valence-electron chi connectivity index (χ1n) is 6.25. The molecule has 0 radical (unpaired) electrons. The van der Waals surface area contributed by atoms with Crippen LogP contribution in [0.3, 0.4) is 0 Å². The molecule has 1 aliphatic heterocycles. The van der Waals surface area contributed by atoms with Gasteiger partial charge in [-0.2, -0.15) is 4.98 Å². The first-order valence-corrected chi connectivity index (χ1v) is 6.25. The Kier molecular flexibility index (Phi) is 5.13. The van der Waals surface area contributed by atoms with E-state index in [2.05, 4.69) is 15.0 Å². The van der Waals surface area contributed by atoms with Crippen molar-refractivity contribution in [3.63, 3.8) is 0 Å². The van der Waals surface area contributed by atoms with Crippen molar-refractivity contribution >= 4 is 12.4 Å². The van der Waals surface area contributed by atoms with Gasteiger partial charge in [0.1, 0.15) is 0 Å². The Balaban J connectivity index is 0.00000147. The normalized spacial score (nSPS) is 19.8. The van der Waals surface area contributed by atoms with E-state index < -0.39 is 0 Å². The Morgan fingerprint density at radius 2 is 2.35 bits per heavy atom. The molecule has 0 aliphatic carbocycles. The van der Waals surface area contributed by atoms with Crippen molar-refractivity contribution in [3.05, 3.63) is 24.3 Å². The molecule has 0 amide bonds. The molecule has 1 saturated heterocycles. The first kappa shape index (κ1) is 15.0. The summed E-state index contributed by atoms with van der Waals surface area (Å²) < 4.78 is 16.0. The molecule has 1 fully saturated rings. The van der Waals surface area contributed by atoms with E-state index in [0.29, 0.717) is 37.2 Å². The smallest absolute Gasteiger partial charge is 0.241 e. The van der Waals surface area contributed by atoms with Crippen LogP contribution in [0.25, 0.3) is 11.6 Å². The SMILES string of the molecule is Cl.NCC1CN(Cc2nc(-c3ccco3)no2)CCO1. The highest BCUT2D eigenvalue weighted by atomic mass is 35.5. The van der Waals surface area contributed by atoms with Crippen LogP contribution < -0.4 is 5.73 Å². The van der Waals surface area contributed by atoms with Gasteiger partial charge < -0.3 is 19.4 Å². The molecular formula is C12H17ClN4O3. The Bertz CT molecular complexity index is 517. The van der Waals surface area contributed by atoms with E-state index in [9.17, 15) is 0 Å². The molecule has 20 heavy (non-hydrogen) atoms. The zero-order chi connectivity index (χ0) is 13.1. The van der Waals surface area contributed by atoms with E-state index in [-0.39, 0.29) is 18.5 Å². The molecule has 1 atom stereocenters. The lowest BCUT2D eigenvalue weighted by Crippen LogP contribution is -2.45. The van der Waals surface area contributed by atoms with Gasteiger partial charge in [0.2, 0.25) is 11.7 Å². The minimum absolute atomic E-state index is 0. The van der Waals surface area contributed by atoms with E-state index in [1.54, 1.807) is 18.4 Å². The van der Waals surface area contributed by atoms with Gasteiger partial charge in [-0.15, -0.1) is 12.4 Å². The molecule has 2 aromatic rings. The number of hydrogen-bond donors (Lipinski definition) is 1. The molecule has 0 saturated carbocycles. The summed E-state index contributed by atoms with van der Waals surface area (Å²) in [7, 11) is 0. The topological polar surface area (TPSA) is 90.6 Å². The van der Waals surface area contributed by atoms with Gasteiger partial charge in [0.25, 0.3) is 0 Å². The maximum Gasteiger partial charge on any atom is 0.241 e. The lowest BCUT2D eigenvalue weighted by molar-refractivity contribution is -0.0288. The van der Waals surface area contributed by atoms with Crippen LogP contribution in [-0.2, 0) is 11.3 Å². The summed E-state index contributed by atoms with van der Waals surface area (Å²) in [4.78, 5) is 6.51. The quantitative estimate of drug-likeness (QED) is 0.897. The van der Waals surface area contributed by atoms with Gasteiger partial charge in [0.15, 0.2) is 5.76 Å². The van der Waals surface area contributed by atoms with Crippen molar-refractivity contribution in [3.8, 4) is 11.6 Å². The lowest BCUT2D eigenvalue weighted by atomic mass is 10.2. The number of rotatable bonds is 4. The number of halogens is 1. The number of nitrogens with two attached hydrogens (primary N) is 1. The van der Waals surface area contributed by atoms with Crippen LogP contribution in [0.2, 0.25) is 0 Å². The molecule has 0 bridgehead atoms. The maximum atomic E-state index is 5.61. The van der Waals surface area contributed by atoms with Gasteiger partial charge in [-0.1, -0.05) is 5.16 Å². The number of aromatic nitrogens is 2. The van der Waals surface area contributed by atoms with Crippen LogP contribution in [-0.4, -0.2) is 47.4 Å². The molecule has 1 unspecified atom stereocenters. The molecule has 7 nitrogen and oxygen atoms in total. The third kappa shape index (κ3) is 3.37. The van der Waals surface area contributed by atoms with E-state index in [1.807, 2.05) is 0 Å². The zero-order valence-electron chi connectivity index (χ0n) is 10.9. The van der Waals surface area contributed by atoms with Crippen molar-refractivity contribution in [2.75, 3.05) is 26.2 Å². The highest BCUT2D eigenvalue weighted by Gasteiger charge is 2.21. The van der Waals surface area contributed by atoms with Crippen LogP contribution in [0.4, 0.5) is 0 Å². The van der Waals surface area contributed by atoms with Gasteiger partial charge in [-0.25, -0.2) is 0 Å². The summed E-state index contributed by atoms with van der Waals surface area (Å²) in [6.07, 6.45) is 1.67. The van der Waals surface area contributed by atoms with E-state index in [0.717, 1.165) is 13.1 Å². The Hall–Kier alpha value is -1.41. The van der Waals surface area contributed by atoms with Crippen molar-refractivity contribution in [1.29, 1.82) is 0 Å². The molecule has 0 spiro atoms. The highest BCUT2D eigenvalue weighted by Crippen LogP contribution is 2.17. The molecule has 2 N–H and O–H groups in total. The Labute approximate surface area is 122 Å². The lowest BCUT2D eigenvalue weighted by Gasteiger charge is -2.31. The first-order chi connectivity index (χ1) is 9.35. The van der Waals surface area contributed by atoms with Crippen LogP contribution >= 0.6 is 12.4 Å². The van der Waals surface area contributed by atoms with E-state index in [4.69, 9.17) is 19.4 Å². The summed E-state index contributed by atoms with van der Waals surface area (Å²) in [5, 5.41) is 3.90.